The first-order valence-corrected chi connectivity index (χ1v) is 11.7. The van der Waals surface area contributed by atoms with Crippen molar-refractivity contribution in [1.82, 2.24) is 14.5 Å². The average Bonchev–Trinajstić information content (AvgIpc) is 3.44. The number of ether oxygens (including phenoxy) is 1. The molecule has 5 unspecified atom stereocenters. The lowest BCUT2D eigenvalue weighted by Crippen LogP contribution is -2.55. The number of nitrogens with zero attached hydrogens (tertiary/aromatic N) is 2. The summed E-state index contributed by atoms with van der Waals surface area (Å²) in [5, 5.41) is 25.4. The molecular formula is C26H16F3N3O5. The van der Waals surface area contributed by atoms with Crippen LogP contribution < -0.4 is 5.32 Å². The minimum Gasteiger partial charge on any atom is -0.387 e. The number of carbonyl (C=O) groups is 2. The van der Waals surface area contributed by atoms with Crippen molar-refractivity contribution < 1.29 is 37.7 Å². The SMILES string of the molecule is O=C1NC(=O)c2c1c1c3ccc(F)cc3n3c1c1c2c2ccc(F)cc2n1C1OC(C3)C(F)C(O)C1O. The van der Waals surface area contributed by atoms with Crippen molar-refractivity contribution >= 4 is 55.4 Å². The molecule has 1 saturated heterocycles. The summed E-state index contributed by atoms with van der Waals surface area (Å²) >= 11 is 0. The maximum absolute atomic E-state index is 15.3. The van der Waals surface area contributed by atoms with Gasteiger partial charge in [-0.15, -0.1) is 0 Å². The molecule has 0 aliphatic carbocycles. The molecule has 186 valence electrons. The lowest BCUT2D eigenvalue weighted by molar-refractivity contribution is -0.229. The van der Waals surface area contributed by atoms with E-state index in [1.807, 2.05) is 0 Å². The van der Waals surface area contributed by atoms with E-state index >= 15 is 4.39 Å². The number of aliphatic hydroxyl groups is 2. The monoisotopic (exact) mass is 507 g/mol. The van der Waals surface area contributed by atoms with Gasteiger partial charge in [-0.05, 0) is 36.4 Å². The van der Waals surface area contributed by atoms with Crippen molar-refractivity contribution in [3.05, 3.63) is 59.2 Å². The standard InChI is InChI=1S/C26H16F3N3O5/c27-8-1-3-10-12(5-8)31-7-14-19(29)22(33)23(34)26(37-14)32-13-6-9(28)2-4-11(13)16-18-17(24(35)30-25(18)36)15(10)20(31)21(16)32/h1-6,14,19,22-23,26,33-34H,7H2,(H,30,35,36). The summed E-state index contributed by atoms with van der Waals surface area (Å²) in [4.78, 5) is 26.3. The number of aliphatic hydroxyl groups excluding tert-OH is 2. The topological polar surface area (TPSA) is 106 Å². The molecule has 11 heteroatoms. The number of aromatic nitrogens is 2. The second-order valence-electron chi connectivity index (χ2n) is 9.77. The molecule has 8 nitrogen and oxygen atoms in total. The first kappa shape index (κ1) is 21.2. The number of amides is 2. The van der Waals surface area contributed by atoms with Gasteiger partial charge in [-0.25, -0.2) is 13.2 Å². The Morgan fingerprint density at radius 3 is 2.14 bits per heavy atom. The van der Waals surface area contributed by atoms with Crippen LogP contribution in [0, 0.1) is 11.6 Å². The van der Waals surface area contributed by atoms with Crippen molar-refractivity contribution in [2.45, 2.75) is 37.3 Å². The molecule has 37 heavy (non-hydrogen) atoms. The highest BCUT2D eigenvalue weighted by molar-refractivity contribution is 6.39. The highest BCUT2D eigenvalue weighted by atomic mass is 19.1. The third kappa shape index (κ3) is 2.39. The van der Waals surface area contributed by atoms with Crippen LogP contribution in [0.15, 0.2) is 36.4 Å². The first-order chi connectivity index (χ1) is 17.8. The van der Waals surface area contributed by atoms with E-state index in [-0.39, 0.29) is 23.2 Å². The van der Waals surface area contributed by atoms with Gasteiger partial charge in [0.1, 0.15) is 29.9 Å². The zero-order valence-corrected chi connectivity index (χ0v) is 18.7. The Morgan fingerprint density at radius 2 is 1.46 bits per heavy atom. The third-order valence-electron chi connectivity index (χ3n) is 7.90. The van der Waals surface area contributed by atoms with Crippen LogP contribution in [0.25, 0.3) is 43.6 Å². The van der Waals surface area contributed by atoms with Crippen LogP contribution in [0.5, 0.6) is 0 Å². The highest BCUT2D eigenvalue weighted by Crippen LogP contribution is 2.49. The smallest absolute Gasteiger partial charge is 0.259 e. The van der Waals surface area contributed by atoms with Gasteiger partial charge in [0.05, 0.1) is 39.7 Å². The lowest BCUT2D eigenvalue weighted by atomic mass is 9.95. The Labute approximate surface area is 204 Å². The van der Waals surface area contributed by atoms with Gasteiger partial charge in [0, 0.05) is 21.5 Å². The van der Waals surface area contributed by atoms with E-state index in [9.17, 15) is 28.6 Å². The third-order valence-corrected chi connectivity index (χ3v) is 7.90. The van der Waals surface area contributed by atoms with E-state index in [1.165, 1.54) is 41.0 Å². The molecule has 3 aliphatic heterocycles. The summed E-state index contributed by atoms with van der Waals surface area (Å²) in [6, 6.07) is 7.81. The number of carbonyl (C=O) groups excluding carboxylic acids is 2. The Balaban J connectivity index is 1.73. The molecular weight excluding hydrogens is 491 g/mol. The molecule has 0 spiro atoms. The number of fused-ring (bicyclic) bond motifs is 12. The molecule has 1 fully saturated rings. The van der Waals surface area contributed by atoms with E-state index in [2.05, 4.69) is 5.32 Å². The molecule has 8 rings (SSSR count). The Morgan fingerprint density at radius 1 is 0.865 bits per heavy atom. The molecule has 3 N–H and O–H groups in total. The molecule has 2 aromatic heterocycles. The van der Waals surface area contributed by atoms with E-state index in [4.69, 9.17) is 4.74 Å². The molecule has 5 aromatic rings. The largest absolute Gasteiger partial charge is 0.387 e. The van der Waals surface area contributed by atoms with Crippen molar-refractivity contribution in [1.29, 1.82) is 0 Å². The maximum Gasteiger partial charge on any atom is 0.259 e. The molecule has 0 saturated carbocycles. The Hall–Kier alpha value is -3.93. The molecule has 3 aliphatic rings. The first-order valence-electron chi connectivity index (χ1n) is 11.7. The van der Waals surface area contributed by atoms with Crippen LogP contribution in [-0.2, 0) is 11.3 Å². The van der Waals surface area contributed by atoms with Crippen molar-refractivity contribution in [3.8, 4) is 0 Å². The number of halogens is 3. The zero-order chi connectivity index (χ0) is 25.5. The number of alkyl halides is 1. The predicted octanol–water partition coefficient (Wildman–Crippen LogP) is 3.04. The number of hydrogen-bond donors (Lipinski definition) is 3. The zero-order valence-electron chi connectivity index (χ0n) is 18.7. The summed E-state index contributed by atoms with van der Waals surface area (Å²) in [6.07, 6.45) is -8.12. The molecule has 0 radical (unpaired) electrons. The van der Waals surface area contributed by atoms with Crippen LogP contribution in [0.4, 0.5) is 13.2 Å². The fourth-order valence-electron chi connectivity index (χ4n) is 6.43. The summed E-state index contributed by atoms with van der Waals surface area (Å²) in [5.41, 5.74) is 1.42. The number of rotatable bonds is 0. The molecule has 3 aromatic carbocycles. The van der Waals surface area contributed by atoms with Crippen LogP contribution >= 0.6 is 0 Å². The number of hydrogen-bond acceptors (Lipinski definition) is 5. The summed E-state index contributed by atoms with van der Waals surface area (Å²) in [7, 11) is 0. The minimum absolute atomic E-state index is 0.0672. The normalized spacial score (nSPS) is 26.9. The van der Waals surface area contributed by atoms with Crippen molar-refractivity contribution in [3.63, 3.8) is 0 Å². The van der Waals surface area contributed by atoms with Gasteiger partial charge in [0.2, 0.25) is 0 Å². The Kier molecular flexibility index (Phi) is 3.83. The van der Waals surface area contributed by atoms with Crippen LogP contribution in [-0.4, -0.2) is 55.6 Å². The average molecular weight is 507 g/mol. The second kappa shape index (κ2) is 6.68. The predicted molar refractivity (Wildman–Crippen MR) is 125 cm³/mol. The van der Waals surface area contributed by atoms with E-state index in [1.54, 1.807) is 4.57 Å². The number of nitrogens with one attached hydrogen (secondary N) is 1. The van der Waals surface area contributed by atoms with Crippen LogP contribution in [0.1, 0.15) is 26.9 Å². The quantitative estimate of drug-likeness (QED) is 0.280. The molecule has 5 atom stereocenters. The number of imide groups is 1. The van der Waals surface area contributed by atoms with Gasteiger partial charge < -0.3 is 24.1 Å². The Bertz CT molecular complexity index is 1910. The van der Waals surface area contributed by atoms with Crippen LogP contribution in [0.3, 0.4) is 0 Å². The van der Waals surface area contributed by atoms with Gasteiger partial charge in [0.25, 0.3) is 11.8 Å². The van der Waals surface area contributed by atoms with Gasteiger partial charge >= 0.3 is 0 Å². The van der Waals surface area contributed by atoms with Gasteiger partial charge in [0.15, 0.2) is 12.4 Å². The van der Waals surface area contributed by atoms with Crippen molar-refractivity contribution in [2.75, 3.05) is 0 Å². The fourth-order valence-corrected chi connectivity index (χ4v) is 6.43. The van der Waals surface area contributed by atoms with E-state index in [0.717, 1.165) is 0 Å². The van der Waals surface area contributed by atoms with Gasteiger partial charge in [-0.2, -0.15) is 0 Å². The van der Waals surface area contributed by atoms with Crippen LogP contribution in [0.2, 0.25) is 0 Å². The van der Waals surface area contributed by atoms with E-state index in [0.29, 0.717) is 38.1 Å². The molecule has 2 amide bonds. The lowest BCUT2D eigenvalue weighted by Gasteiger charge is -2.42. The minimum atomic E-state index is -1.98. The second-order valence-corrected chi connectivity index (χ2v) is 9.77. The van der Waals surface area contributed by atoms with Gasteiger partial charge in [-0.3, -0.25) is 14.9 Å². The summed E-state index contributed by atoms with van der Waals surface area (Å²) in [5.74, 6) is -2.47. The number of benzene rings is 3. The maximum atomic E-state index is 15.3. The summed E-state index contributed by atoms with van der Waals surface area (Å²) < 4.78 is 53.4. The fraction of sp³-hybridized carbons (Fsp3) is 0.231. The van der Waals surface area contributed by atoms with Gasteiger partial charge in [-0.1, -0.05) is 0 Å². The van der Waals surface area contributed by atoms with E-state index < -0.39 is 54.2 Å². The molecule has 5 heterocycles. The highest BCUT2D eigenvalue weighted by Gasteiger charge is 2.49. The van der Waals surface area contributed by atoms with Crippen molar-refractivity contribution in [2.24, 2.45) is 0 Å². The summed E-state index contributed by atoms with van der Waals surface area (Å²) in [6.45, 7) is -0.176. The molecule has 2 bridgehead atoms.